The van der Waals surface area contributed by atoms with Crippen molar-refractivity contribution in [2.45, 2.75) is 70.7 Å². The highest BCUT2D eigenvalue weighted by Gasteiger charge is 2.39. The van der Waals surface area contributed by atoms with Crippen LogP contribution in [0.15, 0.2) is 55.1 Å². The number of hydrogen-bond acceptors (Lipinski definition) is 14. The highest BCUT2D eigenvalue weighted by Crippen LogP contribution is 2.33. The van der Waals surface area contributed by atoms with Gasteiger partial charge in [-0.05, 0) is 56.4 Å². The van der Waals surface area contributed by atoms with Crippen LogP contribution in [-0.2, 0) is 33.6 Å². The molecule has 302 valence electrons. The Hall–Kier alpha value is -5.79. The van der Waals surface area contributed by atoms with Crippen LogP contribution in [0, 0.1) is 0 Å². The highest BCUT2D eigenvalue weighted by atomic mass is 32.2. The number of anilines is 3. The summed E-state index contributed by atoms with van der Waals surface area (Å²) in [6.45, 7) is 11.2. The van der Waals surface area contributed by atoms with Gasteiger partial charge in [-0.3, -0.25) is 34.2 Å². The van der Waals surface area contributed by atoms with Crippen molar-refractivity contribution >= 4 is 57.0 Å². The summed E-state index contributed by atoms with van der Waals surface area (Å²) in [5, 5.41) is 15.6. The van der Waals surface area contributed by atoms with Gasteiger partial charge in [-0.2, -0.15) is 14.3 Å². The molecule has 1 atom stereocenters. The van der Waals surface area contributed by atoms with Crippen molar-refractivity contribution in [3.63, 3.8) is 0 Å². The molecule has 4 aromatic heterocycles. The number of carbonyl (C=O) groups excluding carboxylic acids is 3. The minimum atomic E-state index is -2.87. The number of carbonyl (C=O) groups is 3. The number of hydrogen-bond donors (Lipinski definition) is 3. The predicted octanol–water partition coefficient (Wildman–Crippen LogP) is 2.33. The van der Waals surface area contributed by atoms with Crippen LogP contribution < -0.4 is 15.5 Å². The Labute approximate surface area is 336 Å². The number of fused-ring (bicyclic) bond motifs is 2. The second-order valence-corrected chi connectivity index (χ2v) is 16.5. The van der Waals surface area contributed by atoms with Crippen molar-refractivity contribution in [3.05, 3.63) is 71.8 Å². The third kappa shape index (κ3) is 7.40. The molecule has 3 fully saturated rings. The maximum atomic E-state index is 13.1. The maximum absolute atomic E-state index is 13.1. The number of nitrogens with zero attached hydrogens (tertiary/aromatic N) is 11. The van der Waals surface area contributed by atoms with Crippen LogP contribution in [0.25, 0.3) is 22.3 Å². The number of rotatable bonds is 10. The summed E-state index contributed by atoms with van der Waals surface area (Å²) >= 11 is 0. The molecule has 58 heavy (non-hydrogen) atoms. The van der Waals surface area contributed by atoms with Gasteiger partial charge in [0.25, 0.3) is 5.91 Å². The summed E-state index contributed by atoms with van der Waals surface area (Å²) in [4.78, 5) is 59.9. The summed E-state index contributed by atoms with van der Waals surface area (Å²) in [7, 11) is -2.87. The third-order valence-electron chi connectivity index (χ3n) is 11.6. The molecule has 9 rings (SSSR count). The number of pyridine rings is 1. The van der Waals surface area contributed by atoms with Crippen LogP contribution in [0.2, 0.25) is 0 Å². The lowest BCUT2D eigenvalue weighted by Gasteiger charge is -2.43. The zero-order valence-corrected chi connectivity index (χ0v) is 33.2. The zero-order chi connectivity index (χ0) is 40.1. The van der Waals surface area contributed by atoms with E-state index in [1.54, 1.807) is 17.2 Å². The van der Waals surface area contributed by atoms with Gasteiger partial charge in [0.15, 0.2) is 11.6 Å². The van der Waals surface area contributed by atoms with Gasteiger partial charge in [-0.1, -0.05) is 12.1 Å². The van der Waals surface area contributed by atoms with E-state index >= 15 is 0 Å². The summed E-state index contributed by atoms with van der Waals surface area (Å²) in [5.74, 6) is 1.58. The summed E-state index contributed by atoms with van der Waals surface area (Å²) < 4.78 is 25.5. The Balaban J connectivity index is 0.798. The van der Waals surface area contributed by atoms with Gasteiger partial charge in [0.2, 0.25) is 22.7 Å². The fourth-order valence-corrected chi connectivity index (χ4v) is 9.00. The van der Waals surface area contributed by atoms with Crippen molar-refractivity contribution in [3.8, 4) is 11.4 Å². The molecule has 8 heterocycles. The first-order valence-corrected chi connectivity index (χ1v) is 20.9. The number of thiol groups is 1. The lowest BCUT2D eigenvalue weighted by atomic mass is 10.0. The SMILES string of the molecule is CC(C)n1nc(N2CCC(N3CCN(Cc4ccc5c(c4)CN(C4CCC(=O)NC4=O)C5=O)CC3)CC2)c2cnc(Nc3ccnc(-c4cnn([SH](=O)=O)c4)n3)cc21. The van der Waals surface area contributed by atoms with E-state index in [9.17, 15) is 22.8 Å². The van der Waals surface area contributed by atoms with E-state index in [0.29, 0.717) is 47.6 Å². The van der Waals surface area contributed by atoms with E-state index in [1.807, 2.05) is 29.1 Å². The Morgan fingerprint density at radius 3 is 2.48 bits per heavy atom. The zero-order valence-electron chi connectivity index (χ0n) is 32.3. The molecule has 4 aliphatic heterocycles. The monoisotopic (exact) mass is 807 g/mol. The third-order valence-corrected chi connectivity index (χ3v) is 12.2. The van der Waals surface area contributed by atoms with Crippen LogP contribution in [0.1, 0.15) is 67.1 Å². The van der Waals surface area contributed by atoms with Crippen LogP contribution in [-0.4, -0.2) is 126 Å². The first-order valence-electron chi connectivity index (χ1n) is 19.7. The van der Waals surface area contributed by atoms with Crippen molar-refractivity contribution in [2.75, 3.05) is 49.5 Å². The average Bonchev–Trinajstić information content (AvgIpc) is 3.95. The summed E-state index contributed by atoms with van der Waals surface area (Å²) in [5.41, 5.74) is 4.20. The van der Waals surface area contributed by atoms with Gasteiger partial charge in [-0.15, -0.1) is 0 Å². The van der Waals surface area contributed by atoms with Crippen molar-refractivity contribution < 1.29 is 22.8 Å². The molecule has 0 radical (unpaired) electrons. The molecule has 1 aromatic carbocycles. The van der Waals surface area contributed by atoms with E-state index in [0.717, 1.165) is 90.6 Å². The normalized spacial score (nSPS) is 19.8. The van der Waals surface area contributed by atoms with E-state index in [-0.39, 0.29) is 30.2 Å². The Morgan fingerprint density at radius 2 is 1.74 bits per heavy atom. The first-order chi connectivity index (χ1) is 28.1. The van der Waals surface area contributed by atoms with Crippen LogP contribution in [0.3, 0.4) is 0 Å². The second-order valence-electron chi connectivity index (χ2n) is 15.6. The standard InChI is InChI=1S/C39H45N13O5S/c1-24(2)52-32-18-34(43-33-7-10-40-36(44-33)27-19-42-51(23-27)58(56)57)41-20-30(32)37(46-52)49-11-8-28(9-12-49)48-15-13-47(14-16-48)21-25-3-4-29-26(17-25)22-50(39(29)55)31-5-6-35(53)45-38(31)54/h3-4,7,10,17-20,23-24,28,31,58H,5-6,8-9,11-16,21-22H2,1-2H3,(H,45,53,54)(H,40,41,43,44). The largest absolute Gasteiger partial charge is 0.354 e. The number of aromatic nitrogens is 7. The fraction of sp³-hybridized carbons (Fsp3) is 0.436. The lowest BCUT2D eigenvalue weighted by molar-refractivity contribution is -0.136. The molecule has 0 saturated carbocycles. The molecular weight excluding hydrogens is 763 g/mol. The Morgan fingerprint density at radius 1 is 0.931 bits per heavy atom. The van der Waals surface area contributed by atoms with E-state index in [4.69, 9.17) is 10.1 Å². The van der Waals surface area contributed by atoms with Gasteiger partial charge >= 0.3 is 0 Å². The van der Waals surface area contributed by atoms with Crippen LogP contribution in [0.4, 0.5) is 17.5 Å². The molecule has 2 N–H and O–H groups in total. The minimum absolute atomic E-state index is 0.127. The lowest BCUT2D eigenvalue weighted by Crippen LogP contribution is -2.53. The number of piperazine rings is 1. The fourth-order valence-electron chi connectivity index (χ4n) is 8.64. The molecule has 0 bridgehead atoms. The van der Waals surface area contributed by atoms with Crippen LogP contribution in [0.5, 0.6) is 0 Å². The second kappa shape index (κ2) is 15.5. The number of nitrogens with one attached hydrogen (secondary N) is 2. The quantitative estimate of drug-likeness (QED) is 0.137. The predicted molar refractivity (Wildman–Crippen MR) is 215 cm³/mol. The molecule has 18 nitrogen and oxygen atoms in total. The summed E-state index contributed by atoms with van der Waals surface area (Å²) in [6.07, 6.45) is 8.95. The smallest absolute Gasteiger partial charge is 0.255 e. The van der Waals surface area contributed by atoms with Crippen LogP contribution >= 0.6 is 0 Å². The molecule has 4 aliphatic rings. The van der Waals surface area contributed by atoms with Crippen molar-refractivity contribution in [1.82, 2.24) is 53.9 Å². The molecule has 0 spiro atoms. The molecular formula is C39H45N13O5S. The van der Waals surface area contributed by atoms with E-state index in [2.05, 4.69) is 60.3 Å². The molecule has 5 aromatic rings. The number of imide groups is 1. The van der Waals surface area contributed by atoms with Gasteiger partial charge in [0, 0.05) is 94.9 Å². The van der Waals surface area contributed by atoms with Gasteiger partial charge in [-0.25, -0.2) is 23.4 Å². The first kappa shape index (κ1) is 37.8. The summed E-state index contributed by atoms with van der Waals surface area (Å²) in [6, 6.07) is 9.76. The van der Waals surface area contributed by atoms with Crippen molar-refractivity contribution in [2.24, 2.45) is 0 Å². The molecule has 1 unspecified atom stereocenters. The number of piperidine rings is 2. The Bertz CT molecular complexity index is 2470. The number of amides is 3. The topological polar surface area (TPSA) is 197 Å². The van der Waals surface area contributed by atoms with Gasteiger partial charge in [0.1, 0.15) is 17.7 Å². The Kier molecular flexibility index (Phi) is 10.1. The van der Waals surface area contributed by atoms with Gasteiger partial charge in [0.05, 0.1) is 28.9 Å². The van der Waals surface area contributed by atoms with E-state index < -0.39 is 16.9 Å². The maximum Gasteiger partial charge on any atom is 0.255 e. The average molecular weight is 808 g/mol. The highest BCUT2D eigenvalue weighted by molar-refractivity contribution is 7.70. The molecule has 3 saturated heterocycles. The van der Waals surface area contributed by atoms with Gasteiger partial charge < -0.3 is 15.1 Å². The number of benzene rings is 1. The molecule has 3 amide bonds. The van der Waals surface area contributed by atoms with Crippen molar-refractivity contribution in [1.29, 1.82) is 0 Å². The molecule has 19 heteroatoms. The minimum Gasteiger partial charge on any atom is -0.354 e. The van der Waals surface area contributed by atoms with E-state index in [1.165, 1.54) is 12.4 Å². The molecule has 0 aliphatic carbocycles.